The van der Waals surface area contributed by atoms with Gasteiger partial charge >= 0.3 is 5.97 Å². The third-order valence-electron chi connectivity index (χ3n) is 4.61. The number of rotatable bonds is 15. The molecule has 15 heteroatoms. The Balaban J connectivity index is 1.83. The third-order valence-corrected chi connectivity index (χ3v) is 4.61. The highest BCUT2D eigenvalue weighted by molar-refractivity contribution is 6.12. The van der Waals surface area contributed by atoms with Crippen molar-refractivity contribution in [2.45, 2.75) is 12.5 Å². The van der Waals surface area contributed by atoms with E-state index in [1.54, 1.807) is 30.3 Å². The second-order valence-corrected chi connectivity index (χ2v) is 7.47. The number of hydrogen-bond acceptors (Lipinski definition) is 9. The van der Waals surface area contributed by atoms with Crippen molar-refractivity contribution in [2.75, 3.05) is 33.0 Å². The first kappa shape index (κ1) is 28.6. The van der Waals surface area contributed by atoms with Gasteiger partial charge in [-0.1, -0.05) is 30.3 Å². The van der Waals surface area contributed by atoms with Gasteiger partial charge < -0.3 is 31.1 Å². The number of hydrogen-bond donors (Lipinski definition) is 6. The van der Waals surface area contributed by atoms with E-state index in [0.29, 0.717) is 5.01 Å². The van der Waals surface area contributed by atoms with Crippen molar-refractivity contribution in [3.05, 3.63) is 48.0 Å². The lowest BCUT2D eigenvalue weighted by Crippen LogP contribution is -2.53. The van der Waals surface area contributed by atoms with Crippen molar-refractivity contribution in [3.8, 4) is 0 Å². The molecule has 0 radical (unpaired) electrons. The Hall–Kier alpha value is -4.63. The van der Waals surface area contributed by atoms with Crippen LogP contribution in [0.4, 0.5) is 0 Å². The second kappa shape index (κ2) is 14.7. The molecule has 6 N–H and O–H groups in total. The highest BCUT2D eigenvalue weighted by Gasteiger charge is 2.24. The molecule has 0 unspecified atom stereocenters. The average molecular weight is 518 g/mol. The van der Waals surface area contributed by atoms with Crippen LogP contribution in [-0.4, -0.2) is 90.5 Å². The van der Waals surface area contributed by atoms with Crippen LogP contribution in [0.2, 0.25) is 0 Å². The Morgan fingerprint density at radius 3 is 2.11 bits per heavy atom. The molecule has 15 nitrogen and oxygen atoms in total. The molecule has 1 heterocycles. The van der Waals surface area contributed by atoms with E-state index in [-0.39, 0.29) is 13.2 Å². The molecular weight excluding hydrogens is 492 g/mol. The Labute approximate surface area is 210 Å². The van der Waals surface area contributed by atoms with Gasteiger partial charge in [0.15, 0.2) is 0 Å². The summed E-state index contributed by atoms with van der Waals surface area (Å²) in [6, 6.07) is 7.65. The highest BCUT2D eigenvalue weighted by atomic mass is 16.5. The van der Waals surface area contributed by atoms with Gasteiger partial charge in [-0.3, -0.25) is 28.8 Å². The summed E-state index contributed by atoms with van der Waals surface area (Å²) in [5.41, 5.74) is 3.05. The topological polar surface area (TPSA) is 212 Å². The van der Waals surface area contributed by atoms with Crippen molar-refractivity contribution < 1.29 is 43.4 Å². The fourth-order valence-electron chi connectivity index (χ4n) is 2.88. The predicted molar refractivity (Wildman–Crippen MR) is 124 cm³/mol. The number of nitrogens with zero attached hydrogens (tertiary/aromatic N) is 1. The molecule has 1 aromatic rings. The molecule has 37 heavy (non-hydrogen) atoms. The maximum atomic E-state index is 12.7. The summed E-state index contributed by atoms with van der Waals surface area (Å²) < 4.78 is 4.68. The third kappa shape index (κ3) is 10.7. The number of amides is 6. The first-order valence-corrected chi connectivity index (χ1v) is 10.9. The van der Waals surface area contributed by atoms with Gasteiger partial charge in [-0.25, -0.2) is 15.2 Å². The maximum Gasteiger partial charge on any atom is 0.329 e. The van der Waals surface area contributed by atoms with Gasteiger partial charge in [0.25, 0.3) is 11.8 Å². The largest absolute Gasteiger partial charge is 0.480 e. The molecule has 2 rings (SSSR count). The molecule has 0 saturated heterocycles. The summed E-state index contributed by atoms with van der Waals surface area (Å²) in [6.07, 6.45) is 2.16. The second-order valence-electron chi connectivity index (χ2n) is 7.47. The van der Waals surface area contributed by atoms with Gasteiger partial charge in [-0.15, -0.1) is 0 Å². The van der Waals surface area contributed by atoms with E-state index in [0.717, 1.165) is 17.7 Å². The maximum absolute atomic E-state index is 12.7. The van der Waals surface area contributed by atoms with Gasteiger partial charge in [-0.2, -0.15) is 0 Å². The number of carboxylic acid groups (broad SMARTS) is 1. The van der Waals surface area contributed by atoms with Crippen molar-refractivity contribution >= 4 is 41.4 Å². The molecule has 0 aliphatic carbocycles. The van der Waals surface area contributed by atoms with Crippen molar-refractivity contribution in [2.24, 2.45) is 0 Å². The monoisotopic (exact) mass is 518 g/mol. The first-order valence-electron chi connectivity index (χ1n) is 10.9. The number of benzene rings is 1. The summed E-state index contributed by atoms with van der Waals surface area (Å²) in [5.74, 6) is -5.18. The van der Waals surface area contributed by atoms with Crippen molar-refractivity contribution in [3.63, 3.8) is 0 Å². The number of aliphatic carboxylic acids is 1. The molecule has 0 aromatic heterocycles. The van der Waals surface area contributed by atoms with Crippen LogP contribution < -0.4 is 26.7 Å². The smallest absolute Gasteiger partial charge is 0.329 e. The molecule has 1 aliphatic heterocycles. The zero-order valence-corrected chi connectivity index (χ0v) is 19.5. The van der Waals surface area contributed by atoms with Gasteiger partial charge in [-0.05, 0) is 5.56 Å². The van der Waals surface area contributed by atoms with Crippen LogP contribution in [0.5, 0.6) is 0 Å². The van der Waals surface area contributed by atoms with Crippen molar-refractivity contribution in [1.82, 2.24) is 31.7 Å². The Morgan fingerprint density at radius 2 is 1.46 bits per heavy atom. The molecule has 0 bridgehead atoms. The lowest BCUT2D eigenvalue weighted by Gasteiger charge is -2.19. The normalized spacial score (nSPS) is 13.1. The molecule has 1 atom stereocenters. The molecule has 0 fully saturated rings. The number of nitrogens with one attached hydrogen (secondary N) is 5. The molecule has 198 valence electrons. The fourth-order valence-corrected chi connectivity index (χ4v) is 2.88. The average Bonchev–Trinajstić information content (AvgIpc) is 3.19. The minimum Gasteiger partial charge on any atom is -0.480 e. The van der Waals surface area contributed by atoms with Crippen molar-refractivity contribution in [1.29, 1.82) is 0 Å². The standard InChI is InChI=1S/C22H26N6O9/c29-16(25-13-37-12-21(34)35)9-24-22(36)15(8-14-4-2-1-3-5-14)27-18(31)10-23-17(30)11-26-28-19(32)6-7-20(28)33/h1-7,15,26H,8-13H2,(H,23,30)(H,24,36)(H,25,29)(H,27,31)(H,34,35)/t15-/m0/s1. The number of carbonyl (C=O) groups excluding carboxylic acids is 6. The van der Waals surface area contributed by atoms with Crippen LogP contribution in [0.15, 0.2) is 42.5 Å². The molecular formula is C22H26N6O9. The van der Waals surface area contributed by atoms with E-state index < -0.39 is 73.7 Å². The first-order chi connectivity index (χ1) is 17.7. The Bertz CT molecular complexity index is 1040. The molecule has 1 aromatic carbocycles. The van der Waals surface area contributed by atoms with Crippen LogP contribution in [0.25, 0.3) is 0 Å². The van der Waals surface area contributed by atoms with Gasteiger partial charge in [0, 0.05) is 18.6 Å². The van der Waals surface area contributed by atoms with E-state index in [9.17, 15) is 33.6 Å². The summed E-state index contributed by atoms with van der Waals surface area (Å²) in [5, 5.41) is 18.5. The van der Waals surface area contributed by atoms with Gasteiger partial charge in [0.2, 0.25) is 23.6 Å². The van der Waals surface area contributed by atoms with E-state index >= 15 is 0 Å². The summed E-state index contributed by atoms with van der Waals surface area (Å²) in [7, 11) is 0. The van der Waals surface area contributed by atoms with E-state index in [1.165, 1.54) is 0 Å². The molecule has 6 amide bonds. The lowest BCUT2D eigenvalue weighted by molar-refractivity contribution is -0.143. The van der Waals surface area contributed by atoms with Crippen LogP contribution in [-0.2, 0) is 44.7 Å². The summed E-state index contributed by atoms with van der Waals surface area (Å²) in [6.45, 7) is -2.37. The quantitative estimate of drug-likeness (QED) is 0.0767. The number of carboxylic acids is 1. The number of carbonyl (C=O) groups is 7. The number of hydrazine groups is 1. The van der Waals surface area contributed by atoms with Crippen LogP contribution >= 0.6 is 0 Å². The summed E-state index contributed by atoms with van der Waals surface area (Å²) in [4.78, 5) is 82.1. The van der Waals surface area contributed by atoms with Crippen LogP contribution in [0, 0.1) is 0 Å². The Morgan fingerprint density at radius 1 is 0.838 bits per heavy atom. The van der Waals surface area contributed by atoms with E-state index in [2.05, 4.69) is 31.4 Å². The van der Waals surface area contributed by atoms with Crippen LogP contribution in [0.1, 0.15) is 5.56 Å². The number of ether oxygens (including phenoxy) is 1. The Kier molecular flexibility index (Phi) is 11.4. The van der Waals surface area contributed by atoms with Crippen LogP contribution in [0.3, 0.4) is 0 Å². The SMILES string of the molecule is O=C(O)COCNC(=O)CNC(=O)[C@H](Cc1ccccc1)NC(=O)CNC(=O)CNN1C(=O)C=CC1=O. The predicted octanol–water partition coefficient (Wildman–Crippen LogP) is -3.45. The zero-order chi connectivity index (χ0) is 27.2. The minimum atomic E-state index is -1.21. The fraction of sp³-hybridized carbons (Fsp3) is 0.318. The van der Waals surface area contributed by atoms with E-state index in [1.807, 2.05) is 0 Å². The summed E-state index contributed by atoms with van der Waals surface area (Å²) >= 11 is 0. The minimum absolute atomic E-state index is 0.0867. The van der Waals surface area contributed by atoms with Gasteiger partial charge in [0.05, 0.1) is 19.6 Å². The van der Waals surface area contributed by atoms with E-state index in [4.69, 9.17) is 5.11 Å². The molecule has 0 saturated carbocycles. The molecule has 1 aliphatic rings. The molecule has 0 spiro atoms. The highest BCUT2D eigenvalue weighted by Crippen LogP contribution is 2.04. The number of imide groups is 1. The van der Waals surface area contributed by atoms with Gasteiger partial charge in [0.1, 0.15) is 19.4 Å². The zero-order valence-electron chi connectivity index (χ0n) is 19.5. The lowest BCUT2D eigenvalue weighted by atomic mass is 10.1.